The molecule has 3 N–H and O–H groups in total. The summed E-state index contributed by atoms with van der Waals surface area (Å²) >= 11 is 16.4. The number of rotatable bonds is 5. The van der Waals surface area contributed by atoms with Crippen molar-refractivity contribution in [3.05, 3.63) is 32.7 Å². The zero-order valence-corrected chi connectivity index (χ0v) is 13.7. The first-order valence-corrected chi connectivity index (χ1v) is 7.48. The third-order valence-corrected chi connectivity index (χ3v) is 3.23. The number of amides is 1. The highest BCUT2D eigenvalue weighted by atomic mass is 35.5. The zero-order valence-electron chi connectivity index (χ0n) is 11.4. The molecule has 1 amide bonds. The SMILES string of the molecule is CCCCNC(=S)NNC(=O)Cn1cc(Cl)c(=O)c(Cl)c1. The Morgan fingerprint density at radius 2 is 1.90 bits per heavy atom. The molecule has 9 heteroatoms. The van der Waals surface area contributed by atoms with E-state index in [1.54, 1.807) is 0 Å². The van der Waals surface area contributed by atoms with Crippen LogP contribution in [0.4, 0.5) is 0 Å². The predicted octanol–water partition coefficient (Wildman–Crippen LogP) is 1.45. The molecule has 116 valence electrons. The Balaban J connectivity index is 2.44. The summed E-state index contributed by atoms with van der Waals surface area (Å²) in [5.74, 6) is -0.356. The van der Waals surface area contributed by atoms with E-state index in [-0.39, 0.29) is 22.5 Å². The van der Waals surface area contributed by atoms with Crippen LogP contribution in [0.25, 0.3) is 0 Å². The van der Waals surface area contributed by atoms with E-state index < -0.39 is 5.43 Å². The first-order chi connectivity index (χ1) is 9.93. The highest BCUT2D eigenvalue weighted by Crippen LogP contribution is 2.07. The summed E-state index contributed by atoms with van der Waals surface area (Å²) < 4.78 is 1.41. The first kappa shape index (κ1) is 17.7. The molecule has 0 aliphatic heterocycles. The predicted molar refractivity (Wildman–Crippen MR) is 87.5 cm³/mol. The van der Waals surface area contributed by atoms with Crippen molar-refractivity contribution in [2.75, 3.05) is 6.54 Å². The maximum absolute atomic E-state index is 11.7. The monoisotopic (exact) mass is 350 g/mol. The lowest BCUT2D eigenvalue weighted by molar-refractivity contribution is -0.122. The Kier molecular flexibility index (Phi) is 7.49. The minimum atomic E-state index is -0.464. The summed E-state index contributed by atoms with van der Waals surface area (Å²) in [6, 6.07) is 0. The van der Waals surface area contributed by atoms with Crippen LogP contribution in [-0.2, 0) is 11.3 Å². The summed E-state index contributed by atoms with van der Waals surface area (Å²) in [4.78, 5) is 23.0. The number of aromatic nitrogens is 1. The van der Waals surface area contributed by atoms with Gasteiger partial charge in [-0.25, -0.2) is 0 Å². The fourth-order valence-corrected chi connectivity index (χ4v) is 2.06. The maximum Gasteiger partial charge on any atom is 0.258 e. The van der Waals surface area contributed by atoms with Gasteiger partial charge in [-0.05, 0) is 18.6 Å². The molecule has 0 aliphatic carbocycles. The molecule has 21 heavy (non-hydrogen) atoms. The van der Waals surface area contributed by atoms with Crippen molar-refractivity contribution in [1.29, 1.82) is 0 Å². The van der Waals surface area contributed by atoms with Gasteiger partial charge in [0.2, 0.25) is 5.43 Å². The number of carbonyl (C=O) groups is 1. The molecule has 0 aliphatic rings. The summed E-state index contributed by atoms with van der Waals surface area (Å²) in [7, 11) is 0. The molecule has 0 saturated carbocycles. The second-order valence-electron chi connectivity index (χ2n) is 4.24. The number of unbranched alkanes of at least 4 members (excludes halogenated alkanes) is 1. The summed E-state index contributed by atoms with van der Waals surface area (Å²) in [6.07, 6.45) is 4.72. The van der Waals surface area contributed by atoms with Crippen molar-refractivity contribution >= 4 is 46.4 Å². The van der Waals surface area contributed by atoms with Gasteiger partial charge < -0.3 is 9.88 Å². The van der Waals surface area contributed by atoms with E-state index in [9.17, 15) is 9.59 Å². The highest BCUT2D eigenvalue weighted by molar-refractivity contribution is 7.80. The zero-order chi connectivity index (χ0) is 15.8. The fourth-order valence-electron chi connectivity index (χ4n) is 1.41. The second-order valence-corrected chi connectivity index (χ2v) is 5.46. The van der Waals surface area contributed by atoms with Gasteiger partial charge in [0.05, 0.1) is 0 Å². The quantitative estimate of drug-likeness (QED) is 0.425. The van der Waals surface area contributed by atoms with Crippen LogP contribution in [0.5, 0.6) is 0 Å². The van der Waals surface area contributed by atoms with E-state index >= 15 is 0 Å². The third kappa shape index (κ3) is 6.33. The Hall–Kier alpha value is -1.31. The van der Waals surface area contributed by atoms with Crippen LogP contribution in [0.3, 0.4) is 0 Å². The van der Waals surface area contributed by atoms with Crippen LogP contribution in [0.1, 0.15) is 19.8 Å². The van der Waals surface area contributed by atoms with Crippen LogP contribution < -0.4 is 21.6 Å². The molecule has 0 unspecified atom stereocenters. The second kappa shape index (κ2) is 8.86. The van der Waals surface area contributed by atoms with E-state index in [1.165, 1.54) is 17.0 Å². The molecule has 1 aromatic heterocycles. The average molecular weight is 351 g/mol. The molecule has 0 radical (unpaired) electrons. The topological polar surface area (TPSA) is 75.2 Å². The molecule has 1 rings (SSSR count). The van der Waals surface area contributed by atoms with Gasteiger partial charge in [0.15, 0.2) is 5.11 Å². The number of nitrogens with one attached hydrogen (secondary N) is 3. The number of hydrogen-bond donors (Lipinski definition) is 3. The van der Waals surface area contributed by atoms with Gasteiger partial charge in [-0.15, -0.1) is 0 Å². The van der Waals surface area contributed by atoms with Crippen LogP contribution in [0.15, 0.2) is 17.2 Å². The van der Waals surface area contributed by atoms with Crippen molar-refractivity contribution in [3.63, 3.8) is 0 Å². The van der Waals surface area contributed by atoms with E-state index in [1.807, 2.05) is 0 Å². The van der Waals surface area contributed by atoms with Crippen LogP contribution in [-0.4, -0.2) is 22.1 Å². The maximum atomic E-state index is 11.7. The first-order valence-electron chi connectivity index (χ1n) is 6.31. The molecule has 0 spiro atoms. The van der Waals surface area contributed by atoms with E-state index in [4.69, 9.17) is 35.4 Å². The van der Waals surface area contributed by atoms with Crippen LogP contribution >= 0.6 is 35.4 Å². The van der Waals surface area contributed by atoms with E-state index in [0.29, 0.717) is 5.11 Å². The largest absolute Gasteiger partial charge is 0.361 e. The van der Waals surface area contributed by atoms with Crippen LogP contribution in [0, 0.1) is 0 Å². The van der Waals surface area contributed by atoms with E-state index in [0.717, 1.165) is 19.4 Å². The number of hydrazine groups is 1. The van der Waals surface area contributed by atoms with Gasteiger partial charge in [0.25, 0.3) is 5.91 Å². The highest BCUT2D eigenvalue weighted by Gasteiger charge is 2.07. The lowest BCUT2D eigenvalue weighted by Crippen LogP contribution is -2.47. The minimum Gasteiger partial charge on any atom is -0.361 e. The third-order valence-electron chi connectivity index (χ3n) is 2.45. The Morgan fingerprint density at radius 1 is 1.29 bits per heavy atom. The fraction of sp³-hybridized carbons (Fsp3) is 0.417. The van der Waals surface area contributed by atoms with Crippen molar-refractivity contribution < 1.29 is 4.79 Å². The molecule has 0 fully saturated rings. The standard InChI is InChI=1S/C12H16Cl2N4O2S/c1-2-3-4-15-12(21)17-16-10(19)7-18-5-8(13)11(20)9(14)6-18/h5-6H,2-4,7H2,1H3,(H,16,19)(H2,15,17,21). The van der Waals surface area contributed by atoms with Crippen molar-refractivity contribution in [2.45, 2.75) is 26.3 Å². The lowest BCUT2D eigenvalue weighted by Gasteiger charge is -2.12. The number of pyridine rings is 1. The summed E-state index contributed by atoms with van der Waals surface area (Å²) in [6.45, 7) is 2.76. The average Bonchev–Trinajstić information content (AvgIpc) is 2.43. The Labute approximate surface area is 137 Å². The van der Waals surface area contributed by atoms with Gasteiger partial charge in [0.1, 0.15) is 16.6 Å². The van der Waals surface area contributed by atoms with Gasteiger partial charge in [-0.1, -0.05) is 36.5 Å². The minimum absolute atomic E-state index is 0.0417. The molecule has 0 atom stereocenters. The lowest BCUT2D eigenvalue weighted by atomic mass is 10.3. The molecule has 1 aromatic rings. The molecular weight excluding hydrogens is 335 g/mol. The smallest absolute Gasteiger partial charge is 0.258 e. The molecule has 0 saturated heterocycles. The summed E-state index contributed by atoms with van der Waals surface area (Å²) in [5.41, 5.74) is 4.55. The van der Waals surface area contributed by atoms with Gasteiger partial charge in [-0.3, -0.25) is 20.4 Å². The van der Waals surface area contributed by atoms with Gasteiger partial charge in [-0.2, -0.15) is 0 Å². The molecule has 1 heterocycles. The molecule has 6 nitrogen and oxygen atoms in total. The van der Waals surface area contributed by atoms with E-state index in [2.05, 4.69) is 23.1 Å². The van der Waals surface area contributed by atoms with Gasteiger partial charge in [0, 0.05) is 18.9 Å². The van der Waals surface area contributed by atoms with Crippen molar-refractivity contribution in [1.82, 2.24) is 20.7 Å². The van der Waals surface area contributed by atoms with Crippen molar-refractivity contribution in [3.8, 4) is 0 Å². The summed E-state index contributed by atoms with van der Waals surface area (Å²) in [5, 5.41) is 3.20. The van der Waals surface area contributed by atoms with Gasteiger partial charge >= 0.3 is 0 Å². The Morgan fingerprint density at radius 3 is 2.48 bits per heavy atom. The number of hydrogen-bond acceptors (Lipinski definition) is 3. The number of halogens is 2. The van der Waals surface area contributed by atoms with Crippen LogP contribution in [0.2, 0.25) is 10.0 Å². The molecule has 0 bridgehead atoms. The normalized spacial score (nSPS) is 10.0. The number of nitrogens with zero attached hydrogens (tertiary/aromatic N) is 1. The Bertz CT molecular complexity index is 551. The molecule has 0 aromatic carbocycles. The number of thiocarbonyl (C=S) groups is 1. The molecular formula is C12H16Cl2N4O2S. The van der Waals surface area contributed by atoms with Crippen molar-refractivity contribution in [2.24, 2.45) is 0 Å². The number of carbonyl (C=O) groups excluding carboxylic acids is 1.